The lowest BCUT2D eigenvalue weighted by atomic mass is 10.1. The maximum atomic E-state index is 2.63. The van der Waals surface area contributed by atoms with E-state index < -0.39 is 16.1 Å². The molecule has 0 atom stereocenters. The fourth-order valence-corrected chi connectivity index (χ4v) is 19.1. The predicted octanol–water partition coefficient (Wildman–Crippen LogP) is 8.08. The molecule has 9 rings (SSSR count). The van der Waals surface area contributed by atoms with Crippen molar-refractivity contribution in [2.45, 2.75) is 6.92 Å². The highest BCUT2D eigenvalue weighted by Crippen LogP contribution is 2.22. The minimum Gasteiger partial charge on any atom is -0.0623 e. The topological polar surface area (TPSA) is 0 Å². The Bertz CT molecular complexity index is 2450. The fourth-order valence-electron chi connectivity index (χ4n) is 9.09. The van der Waals surface area contributed by atoms with E-state index in [0.717, 1.165) is 0 Å². The van der Waals surface area contributed by atoms with Crippen LogP contribution >= 0.6 is 0 Å². The molecular weight excluding hydrogens is 717 g/mol. The molecule has 0 amide bonds. The maximum Gasteiger partial charge on any atom is 0.179 e. The van der Waals surface area contributed by atoms with Crippen molar-refractivity contribution in [3.8, 4) is 22.3 Å². The van der Waals surface area contributed by atoms with Gasteiger partial charge in [-0.1, -0.05) is 254 Å². The van der Waals surface area contributed by atoms with Gasteiger partial charge in [0.25, 0.3) is 0 Å². The summed E-state index contributed by atoms with van der Waals surface area (Å²) in [5.74, 6) is 0. The summed E-state index contributed by atoms with van der Waals surface area (Å²) in [5.41, 5.74) is 6.20. The molecule has 0 radical (unpaired) electrons. The summed E-state index contributed by atoms with van der Waals surface area (Å²) in [7, 11) is -5.90. The maximum absolute atomic E-state index is 2.95. The Hall–Kier alpha value is -6.59. The summed E-state index contributed by atoms with van der Waals surface area (Å²) >= 11 is 0. The molecule has 0 fully saturated rings. The zero-order chi connectivity index (χ0) is 38.5. The van der Waals surface area contributed by atoms with Crippen molar-refractivity contribution >= 4 is 57.6 Å². The van der Waals surface area contributed by atoms with Gasteiger partial charge in [0.05, 0.1) is 0 Å². The molecule has 0 saturated carbocycles. The Kier molecular flexibility index (Phi) is 10.0. The molecule has 57 heavy (non-hydrogen) atoms. The zero-order valence-electron chi connectivity index (χ0n) is 32.2. The normalized spacial score (nSPS) is 11.6. The van der Waals surface area contributed by atoms with Gasteiger partial charge in [-0.05, 0) is 70.7 Å². The quantitative estimate of drug-likeness (QED) is 0.0978. The Labute approximate surface area is 339 Å². The summed E-state index contributed by atoms with van der Waals surface area (Å²) in [4.78, 5) is 0. The van der Waals surface area contributed by atoms with Gasteiger partial charge in [-0.2, -0.15) is 0 Å². The monoisotopic (exact) mass is 760 g/mol. The van der Waals surface area contributed by atoms with Crippen molar-refractivity contribution in [3.05, 3.63) is 254 Å². The summed E-state index contributed by atoms with van der Waals surface area (Å²) in [6, 6.07) is 93.4. The van der Waals surface area contributed by atoms with Gasteiger partial charge in [0.15, 0.2) is 16.1 Å². The van der Waals surface area contributed by atoms with Gasteiger partial charge in [0.1, 0.15) is 0 Å². The molecule has 0 nitrogen and oxygen atoms in total. The minimum absolute atomic E-state index is 1.23. The largest absolute Gasteiger partial charge is 0.179 e. The Balaban J connectivity index is 1.40. The van der Waals surface area contributed by atoms with Crippen LogP contribution in [0.25, 0.3) is 22.3 Å². The van der Waals surface area contributed by atoms with Crippen LogP contribution in [0.15, 0.2) is 249 Å². The number of rotatable bonds is 10. The van der Waals surface area contributed by atoms with E-state index >= 15 is 0 Å². The van der Waals surface area contributed by atoms with E-state index in [1.54, 1.807) is 0 Å². The molecule has 0 bridgehead atoms. The van der Waals surface area contributed by atoms with Crippen molar-refractivity contribution in [2.75, 3.05) is 0 Å². The number of hydrogen-bond donors (Lipinski definition) is 0. The van der Waals surface area contributed by atoms with Crippen LogP contribution in [0.4, 0.5) is 0 Å². The van der Waals surface area contributed by atoms with Crippen LogP contribution in [0.1, 0.15) is 5.56 Å². The second kappa shape index (κ2) is 15.9. The van der Waals surface area contributed by atoms with Crippen LogP contribution in [0.3, 0.4) is 0 Å². The number of aryl methyl sites for hydroxylation is 1. The lowest BCUT2D eigenvalue weighted by Gasteiger charge is -2.38. The standard InChI is InChI=1S/C55H44Si2/c1-43-38-54(56(48-28-12-4-13-29-48,49-30-14-5-15-31-49)52-36-20-26-46(40-52)44-22-8-2-9-23-44)42-55(39-43)57(50-32-16-6-17-33-50,51-34-18-7-19-35-51)53-37-21-27-47(41-53)45-24-10-3-11-25-45/h2-42H,1H3. The first-order valence-corrected chi connectivity index (χ1v) is 23.8. The van der Waals surface area contributed by atoms with Crippen molar-refractivity contribution in [1.82, 2.24) is 0 Å². The highest BCUT2D eigenvalue weighted by atomic mass is 28.3. The van der Waals surface area contributed by atoms with Gasteiger partial charge in [0.2, 0.25) is 0 Å². The second-order valence-electron chi connectivity index (χ2n) is 14.9. The van der Waals surface area contributed by atoms with Crippen molar-refractivity contribution in [3.63, 3.8) is 0 Å². The molecule has 0 heterocycles. The summed E-state index contributed by atoms with van der Waals surface area (Å²) in [5, 5.41) is 11.0. The molecule has 0 aromatic heterocycles. The molecule has 0 unspecified atom stereocenters. The van der Waals surface area contributed by atoms with Gasteiger partial charge in [0, 0.05) is 0 Å². The van der Waals surface area contributed by atoms with Gasteiger partial charge < -0.3 is 0 Å². The van der Waals surface area contributed by atoms with Crippen LogP contribution in [0.2, 0.25) is 0 Å². The Morgan fingerprint density at radius 1 is 0.211 bits per heavy atom. The second-order valence-corrected chi connectivity index (χ2v) is 22.6. The first-order chi connectivity index (χ1) is 28.2. The average molecular weight is 761 g/mol. The predicted molar refractivity (Wildman–Crippen MR) is 249 cm³/mol. The molecule has 0 N–H and O–H groups in total. The van der Waals surface area contributed by atoms with Crippen molar-refractivity contribution in [2.24, 2.45) is 0 Å². The molecule has 2 heteroatoms. The smallest absolute Gasteiger partial charge is 0.0623 e. The van der Waals surface area contributed by atoms with E-state index in [2.05, 4.69) is 256 Å². The number of hydrogen-bond acceptors (Lipinski definition) is 0. The lowest BCUT2D eigenvalue weighted by molar-refractivity contribution is 1.50. The lowest BCUT2D eigenvalue weighted by Crippen LogP contribution is -2.78. The van der Waals surface area contributed by atoms with Crippen molar-refractivity contribution in [1.29, 1.82) is 0 Å². The first-order valence-electron chi connectivity index (χ1n) is 19.8. The fraction of sp³-hybridized carbons (Fsp3) is 0.0182. The van der Waals surface area contributed by atoms with Crippen molar-refractivity contribution < 1.29 is 0 Å². The molecule has 9 aromatic carbocycles. The Morgan fingerprint density at radius 2 is 0.474 bits per heavy atom. The summed E-state index contributed by atoms with van der Waals surface area (Å²) < 4.78 is 0. The van der Waals surface area contributed by atoms with Crippen LogP contribution in [0.5, 0.6) is 0 Å². The highest BCUT2D eigenvalue weighted by Gasteiger charge is 2.46. The molecular formula is C55H44Si2. The zero-order valence-corrected chi connectivity index (χ0v) is 34.2. The van der Waals surface area contributed by atoms with Crippen LogP contribution < -0.4 is 41.5 Å². The molecule has 0 aliphatic rings. The average Bonchev–Trinajstić information content (AvgIpc) is 3.29. The van der Waals surface area contributed by atoms with E-state index in [1.807, 2.05) is 0 Å². The van der Waals surface area contributed by atoms with Gasteiger partial charge >= 0.3 is 0 Å². The summed E-state index contributed by atoms with van der Waals surface area (Å²) in [6.45, 7) is 2.30. The van der Waals surface area contributed by atoms with E-state index in [4.69, 9.17) is 0 Å². The molecule has 0 aliphatic heterocycles. The first kappa shape index (κ1) is 36.1. The SMILES string of the molecule is Cc1cc([Si](c2ccccc2)(c2ccccc2)c2cccc(-c3ccccc3)c2)cc([Si](c2ccccc2)(c2ccccc2)c2cccc(-c3ccccc3)c2)c1. The highest BCUT2D eigenvalue weighted by molar-refractivity contribution is 7.22. The molecule has 9 aromatic rings. The van der Waals surface area contributed by atoms with E-state index in [1.165, 1.54) is 69.3 Å². The van der Waals surface area contributed by atoms with Crippen LogP contribution in [-0.4, -0.2) is 16.1 Å². The van der Waals surface area contributed by atoms with Gasteiger partial charge in [-0.25, -0.2) is 0 Å². The third-order valence-electron chi connectivity index (χ3n) is 11.6. The molecule has 0 aliphatic carbocycles. The minimum atomic E-state index is -2.95. The molecule has 0 saturated heterocycles. The third-order valence-corrected chi connectivity index (χ3v) is 21.0. The third kappa shape index (κ3) is 6.63. The van der Waals surface area contributed by atoms with Gasteiger partial charge in [-0.15, -0.1) is 0 Å². The van der Waals surface area contributed by atoms with Gasteiger partial charge in [-0.3, -0.25) is 0 Å². The number of benzene rings is 9. The molecule has 272 valence electrons. The summed E-state index contributed by atoms with van der Waals surface area (Å²) in [6.07, 6.45) is 0. The van der Waals surface area contributed by atoms with E-state index in [0.29, 0.717) is 0 Å². The Morgan fingerprint density at radius 3 is 0.789 bits per heavy atom. The van der Waals surface area contributed by atoms with E-state index in [9.17, 15) is 0 Å². The van der Waals surface area contributed by atoms with Crippen LogP contribution in [-0.2, 0) is 0 Å². The molecule has 0 spiro atoms. The van der Waals surface area contributed by atoms with Crippen LogP contribution in [0, 0.1) is 6.92 Å². The van der Waals surface area contributed by atoms with E-state index in [-0.39, 0.29) is 0 Å².